The number of carbonyl (C=O) groups is 2. The second-order valence-electron chi connectivity index (χ2n) is 4.82. The highest BCUT2D eigenvalue weighted by molar-refractivity contribution is 6.14. The fourth-order valence-electron chi connectivity index (χ4n) is 2.22. The maximum atomic E-state index is 12.1. The third-order valence-corrected chi connectivity index (χ3v) is 3.30. The second kappa shape index (κ2) is 8.14. The molecule has 0 spiro atoms. The highest BCUT2D eigenvalue weighted by atomic mass is 16.6. The number of ether oxygens (including phenoxy) is 2. The third kappa shape index (κ3) is 3.73. The maximum Gasteiger partial charge on any atom is 0.347 e. The van der Waals surface area contributed by atoms with Crippen LogP contribution in [0.15, 0.2) is 42.4 Å². The number of aromatic nitrogens is 2. The van der Waals surface area contributed by atoms with Crippen LogP contribution < -0.4 is 5.01 Å². The summed E-state index contributed by atoms with van der Waals surface area (Å²) in [5.74, 6) is -1.42. The predicted molar refractivity (Wildman–Crippen MR) is 89.8 cm³/mol. The Morgan fingerprint density at radius 1 is 1.17 bits per heavy atom. The lowest BCUT2D eigenvalue weighted by molar-refractivity contribution is -0.146. The highest BCUT2D eigenvalue weighted by Crippen LogP contribution is 2.14. The molecule has 24 heavy (non-hydrogen) atoms. The molecule has 0 aliphatic carbocycles. The molecule has 128 valence electrons. The molecule has 0 N–H and O–H groups in total. The van der Waals surface area contributed by atoms with Crippen molar-refractivity contribution in [1.82, 2.24) is 9.66 Å². The van der Waals surface area contributed by atoms with E-state index in [1.165, 1.54) is 6.20 Å². The fourth-order valence-corrected chi connectivity index (χ4v) is 2.22. The number of pyridine rings is 1. The van der Waals surface area contributed by atoms with Gasteiger partial charge < -0.3 is 9.47 Å². The van der Waals surface area contributed by atoms with Crippen molar-refractivity contribution in [2.75, 3.05) is 24.8 Å². The van der Waals surface area contributed by atoms with Gasteiger partial charge in [-0.1, -0.05) is 0 Å². The van der Waals surface area contributed by atoms with E-state index in [0.717, 1.165) is 11.0 Å². The van der Waals surface area contributed by atoms with Crippen LogP contribution in [0.4, 0.5) is 0 Å². The van der Waals surface area contributed by atoms with E-state index in [9.17, 15) is 9.59 Å². The summed E-state index contributed by atoms with van der Waals surface area (Å²) >= 11 is 0. The minimum Gasteiger partial charge on any atom is -0.462 e. The van der Waals surface area contributed by atoms with Crippen molar-refractivity contribution >= 4 is 23.0 Å². The summed E-state index contributed by atoms with van der Waals surface area (Å²) < 4.78 is 11.7. The topological polar surface area (TPSA) is 73.7 Å². The monoisotopic (exact) mass is 331 g/mol. The van der Waals surface area contributed by atoms with E-state index in [2.05, 4.69) is 4.98 Å². The zero-order chi connectivity index (χ0) is 17.5. The summed E-state index contributed by atoms with van der Waals surface area (Å²) in [5.41, 5.74) is 0.570. The second-order valence-corrected chi connectivity index (χ2v) is 4.82. The van der Waals surface area contributed by atoms with Crippen molar-refractivity contribution in [2.45, 2.75) is 20.8 Å². The molecule has 7 heteroatoms. The van der Waals surface area contributed by atoms with E-state index in [-0.39, 0.29) is 18.8 Å². The van der Waals surface area contributed by atoms with Gasteiger partial charge in [0.2, 0.25) is 0 Å². The molecule has 0 unspecified atom stereocenters. The summed E-state index contributed by atoms with van der Waals surface area (Å²) in [5, 5.41) is 2.66. The zero-order valence-corrected chi connectivity index (χ0v) is 14.1. The smallest absolute Gasteiger partial charge is 0.347 e. The number of carbonyl (C=O) groups excluding carboxylic acids is 2. The van der Waals surface area contributed by atoms with Crippen molar-refractivity contribution in [3.05, 3.63) is 42.4 Å². The number of fused-ring (bicyclic) bond motifs is 1. The average Bonchev–Trinajstić information content (AvgIpc) is 3.00. The molecule has 0 atom stereocenters. The average molecular weight is 331 g/mol. The van der Waals surface area contributed by atoms with Crippen LogP contribution in [0.25, 0.3) is 11.0 Å². The number of rotatable bonds is 7. The van der Waals surface area contributed by atoms with Gasteiger partial charge in [-0.2, -0.15) is 0 Å². The molecule has 2 aromatic heterocycles. The van der Waals surface area contributed by atoms with Crippen molar-refractivity contribution in [1.29, 1.82) is 0 Å². The lowest BCUT2D eigenvalue weighted by Crippen LogP contribution is -2.31. The van der Waals surface area contributed by atoms with E-state index >= 15 is 0 Å². The molecule has 2 rings (SSSR count). The molecule has 0 radical (unpaired) electrons. The van der Waals surface area contributed by atoms with Gasteiger partial charge in [0.25, 0.3) is 0 Å². The molecule has 2 aromatic rings. The first-order chi connectivity index (χ1) is 11.6. The standard InChI is InChI=1S/C17H21N3O4/c1-4-19(20-11-9-13-8-7-10-18-15(13)20)12-14(16(21)23-5-2)17(22)24-6-3/h7-12H,4-6H2,1-3H3. The van der Waals surface area contributed by atoms with Crippen LogP contribution in [-0.4, -0.2) is 41.4 Å². The van der Waals surface area contributed by atoms with Gasteiger partial charge in [0.15, 0.2) is 11.2 Å². The van der Waals surface area contributed by atoms with E-state index in [1.807, 2.05) is 31.3 Å². The summed E-state index contributed by atoms with van der Waals surface area (Å²) in [6.45, 7) is 6.14. The molecule has 0 aliphatic heterocycles. The molecular formula is C17H21N3O4. The minimum absolute atomic E-state index is 0.154. The van der Waals surface area contributed by atoms with E-state index in [1.54, 1.807) is 29.7 Å². The van der Waals surface area contributed by atoms with Gasteiger partial charge in [0, 0.05) is 30.5 Å². The lowest BCUT2D eigenvalue weighted by Gasteiger charge is -2.21. The van der Waals surface area contributed by atoms with E-state index in [4.69, 9.17) is 9.47 Å². The van der Waals surface area contributed by atoms with Gasteiger partial charge in [-0.25, -0.2) is 19.2 Å². The number of nitrogens with zero attached hydrogens (tertiary/aromatic N) is 3. The predicted octanol–water partition coefficient (Wildman–Crippen LogP) is 2.00. The maximum absolute atomic E-state index is 12.1. The van der Waals surface area contributed by atoms with Crippen molar-refractivity contribution < 1.29 is 19.1 Å². The van der Waals surface area contributed by atoms with Gasteiger partial charge in [-0.05, 0) is 39.0 Å². The SMILES string of the molecule is CCOC(=O)C(=CN(CC)n1ccc2cccnc21)C(=O)OCC. The Kier molecular flexibility index (Phi) is 5.95. The van der Waals surface area contributed by atoms with Crippen LogP contribution in [0, 0.1) is 0 Å². The Morgan fingerprint density at radius 3 is 2.42 bits per heavy atom. The minimum atomic E-state index is -0.709. The van der Waals surface area contributed by atoms with Crippen molar-refractivity contribution in [2.24, 2.45) is 0 Å². The number of hydrogen-bond donors (Lipinski definition) is 0. The molecule has 0 saturated carbocycles. The van der Waals surface area contributed by atoms with E-state index in [0.29, 0.717) is 6.54 Å². The van der Waals surface area contributed by atoms with Crippen LogP contribution in [0.2, 0.25) is 0 Å². The van der Waals surface area contributed by atoms with Gasteiger partial charge in [0.1, 0.15) is 0 Å². The molecule has 0 amide bonds. The molecule has 0 saturated heterocycles. The van der Waals surface area contributed by atoms with Gasteiger partial charge >= 0.3 is 11.9 Å². The van der Waals surface area contributed by atoms with Crippen LogP contribution in [-0.2, 0) is 19.1 Å². The lowest BCUT2D eigenvalue weighted by atomic mass is 10.3. The molecule has 7 nitrogen and oxygen atoms in total. The Hall–Kier alpha value is -2.83. The van der Waals surface area contributed by atoms with Gasteiger partial charge in [-0.3, -0.25) is 5.01 Å². The molecule has 0 fully saturated rings. The number of esters is 2. The number of hydrogen-bond acceptors (Lipinski definition) is 6. The Balaban J connectivity index is 2.43. The van der Waals surface area contributed by atoms with E-state index < -0.39 is 11.9 Å². The summed E-state index contributed by atoms with van der Waals surface area (Å²) in [6.07, 6.45) is 4.95. The Labute approximate surface area is 140 Å². The zero-order valence-electron chi connectivity index (χ0n) is 14.1. The van der Waals surface area contributed by atoms with Crippen LogP contribution in [0.3, 0.4) is 0 Å². The van der Waals surface area contributed by atoms with Crippen molar-refractivity contribution in [3.63, 3.8) is 0 Å². The van der Waals surface area contributed by atoms with Gasteiger partial charge in [0.05, 0.1) is 13.2 Å². The first kappa shape index (κ1) is 17.5. The Morgan fingerprint density at radius 2 is 1.83 bits per heavy atom. The molecule has 2 heterocycles. The highest BCUT2D eigenvalue weighted by Gasteiger charge is 2.23. The first-order valence-corrected chi connectivity index (χ1v) is 7.87. The van der Waals surface area contributed by atoms with Crippen molar-refractivity contribution in [3.8, 4) is 0 Å². The molecular weight excluding hydrogens is 310 g/mol. The summed E-state index contributed by atoms with van der Waals surface area (Å²) in [6, 6.07) is 5.70. The Bertz CT molecular complexity index is 731. The normalized spacial score (nSPS) is 10.3. The fraction of sp³-hybridized carbons (Fsp3) is 0.353. The third-order valence-electron chi connectivity index (χ3n) is 3.30. The molecule has 0 bridgehead atoms. The van der Waals surface area contributed by atoms with Crippen LogP contribution in [0.5, 0.6) is 0 Å². The summed E-state index contributed by atoms with van der Waals surface area (Å²) in [7, 11) is 0. The van der Waals surface area contributed by atoms with Crippen LogP contribution in [0.1, 0.15) is 20.8 Å². The molecule has 0 aromatic carbocycles. The largest absolute Gasteiger partial charge is 0.462 e. The van der Waals surface area contributed by atoms with Gasteiger partial charge in [-0.15, -0.1) is 0 Å². The first-order valence-electron chi connectivity index (χ1n) is 7.87. The summed E-state index contributed by atoms with van der Waals surface area (Å²) in [4.78, 5) is 28.5. The quantitative estimate of drug-likeness (QED) is 0.334. The van der Waals surface area contributed by atoms with Crippen LogP contribution >= 0.6 is 0 Å². The molecule has 0 aliphatic rings.